The van der Waals surface area contributed by atoms with E-state index in [4.69, 9.17) is 6.72 Å². The molecule has 0 aromatic carbocycles. The zero-order valence-corrected chi connectivity index (χ0v) is 6.14. The maximum absolute atomic E-state index is 5.18. The van der Waals surface area contributed by atoms with Crippen LogP contribution in [0.2, 0.25) is 0 Å². The van der Waals surface area contributed by atoms with Gasteiger partial charge in [-0.1, -0.05) is 0 Å². The van der Waals surface area contributed by atoms with Gasteiger partial charge >= 0.3 is 38.5 Å². The Morgan fingerprint density at radius 1 is 2.00 bits per heavy atom. The Morgan fingerprint density at radius 2 is 2.00 bits per heavy atom. The van der Waals surface area contributed by atoms with Crippen molar-refractivity contribution < 1.29 is 18.0 Å². The molecular formula is CH3BSW-. The van der Waals surface area contributed by atoms with Gasteiger partial charge in [0, 0.05) is 0 Å². The average Bonchev–Trinajstić information content (AvgIpc) is 0.811. The van der Waals surface area contributed by atoms with E-state index in [-0.39, 0.29) is 7.51 Å². The summed E-state index contributed by atoms with van der Waals surface area (Å²) in [7, 11) is 0.222. The first-order valence-electron chi connectivity index (χ1n) is 0.811. The van der Waals surface area contributed by atoms with E-state index in [1.807, 2.05) is 6.26 Å². The summed E-state index contributed by atoms with van der Waals surface area (Å²) in [5.74, 6) is 0. The van der Waals surface area contributed by atoms with Crippen molar-refractivity contribution in [1.82, 2.24) is 0 Å². The van der Waals surface area contributed by atoms with E-state index in [1.165, 1.54) is 18.0 Å². The molecule has 0 aromatic rings. The van der Waals surface area contributed by atoms with Crippen LogP contribution in [0.15, 0.2) is 0 Å². The molecular weight excluding hydrogens is 239 g/mol. The summed E-state index contributed by atoms with van der Waals surface area (Å²) >= 11 is 1.48. The Bertz CT molecular complexity index is 56.4. The number of rotatable bonds is 0. The molecule has 1 radical (unpaired) electrons. The van der Waals surface area contributed by atoms with Crippen molar-refractivity contribution in [1.29, 1.82) is 0 Å². The average molecular weight is 242 g/mol. The third-order valence-corrected chi connectivity index (χ3v) is 0. The van der Waals surface area contributed by atoms with Crippen LogP contribution in [0.1, 0.15) is 0 Å². The Hall–Kier alpha value is 1.10. The second-order valence-corrected chi connectivity index (χ2v) is 7.16. The quantitative estimate of drug-likeness (QED) is 0.407. The normalized spacial score (nSPS) is 8.25. The Kier molecular flexibility index (Phi) is 2.99. The van der Waals surface area contributed by atoms with Gasteiger partial charge < -0.3 is 0 Å². The van der Waals surface area contributed by atoms with Gasteiger partial charge in [-0.2, -0.15) is 0 Å². The molecule has 23 valence electrons. The van der Waals surface area contributed by atoms with Crippen molar-refractivity contribution in [3.05, 3.63) is 0 Å². The van der Waals surface area contributed by atoms with Crippen LogP contribution in [0.5, 0.6) is 0 Å². The van der Waals surface area contributed by atoms with E-state index in [1.54, 1.807) is 0 Å². The molecule has 0 aromatic heterocycles. The summed E-state index contributed by atoms with van der Waals surface area (Å²) in [4.78, 5) is 0. The molecule has 0 N–H and O–H groups in total. The molecule has 3 heteroatoms. The Labute approximate surface area is 38.7 Å². The van der Waals surface area contributed by atoms with Gasteiger partial charge in [-0.25, -0.2) is 0 Å². The van der Waals surface area contributed by atoms with Gasteiger partial charge in [0.1, 0.15) is 0 Å². The molecule has 0 atom stereocenters. The maximum atomic E-state index is 5.18. The summed E-state index contributed by atoms with van der Waals surface area (Å²) in [6.07, 6.45) is 2.01. The van der Waals surface area contributed by atoms with Crippen LogP contribution >= 0.6 is 0 Å². The van der Waals surface area contributed by atoms with Crippen LogP contribution in [0.25, 0.3) is 0 Å². The van der Waals surface area contributed by atoms with E-state index in [2.05, 4.69) is 0 Å². The zero-order chi connectivity index (χ0) is 3.58. The summed E-state index contributed by atoms with van der Waals surface area (Å²) in [5, 5.41) is 0. The molecule has 0 unspecified atom stereocenters. The van der Waals surface area contributed by atoms with Crippen LogP contribution in [0.3, 0.4) is 0 Å². The van der Waals surface area contributed by atoms with Crippen LogP contribution < -0.4 is 0 Å². The molecule has 0 nitrogen and oxygen atoms in total. The van der Waals surface area contributed by atoms with E-state index >= 15 is 0 Å². The second kappa shape index (κ2) is 2.35. The van der Waals surface area contributed by atoms with Crippen molar-refractivity contribution in [3.63, 3.8) is 0 Å². The molecule has 0 bridgehead atoms. The van der Waals surface area contributed by atoms with Crippen molar-refractivity contribution >= 4 is 14.2 Å². The summed E-state index contributed by atoms with van der Waals surface area (Å²) in [5.41, 5.74) is 0. The van der Waals surface area contributed by atoms with Gasteiger partial charge in [0.05, 0.1) is 0 Å². The molecule has 0 amide bonds. The fourth-order valence-electron chi connectivity index (χ4n) is 0. The second-order valence-electron chi connectivity index (χ2n) is 0.499. The minimum absolute atomic E-state index is 0.222. The van der Waals surface area contributed by atoms with Crippen molar-refractivity contribution in [3.8, 4) is 0 Å². The molecule has 0 saturated heterocycles. The van der Waals surface area contributed by atoms with E-state index in [9.17, 15) is 0 Å². The monoisotopic (exact) mass is 242 g/mol. The van der Waals surface area contributed by atoms with Crippen LogP contribution in [-0.4, -0.2) is 13.0 Å². The standard InChI is InChI=1S/CH3BS.W/c1-3-2;/h1H3;/q+1;-2. The number of hydrogen-bond acceptors (Lipinski definition) is 1. The van der Waals surface area contributed by atoms with E-state index in [0.717, 1.165) is 0 Å². The SMILES string of the molecule is [B]=[S-](C)=[W]. The fourth-order valence-corrected chi connectivity index (χ4v) is 0. The third kappa shape index (κ3) is 11.3. The number of hydrogen-bond donors (Lipinski definition) is 0. The van der Waals surface area contributed by atoms with Gasteiger partial charge in [0.25, 0.3) is 0 Å². The molecule has 4 heavy (non-hydrogen) atoms. The minimum atomic E-state index is 0.222. The fraction of sp³-hybridized carbons (Fsp3) is 1.00. The topological polar surface area (TPSA) is 0 Å². The molecule has 0 fully saturated rings. The molecule has 0 spiro atoms. The van der Waals surface area contributed by atoms with Crippen molar-refractivity contribution in [2.45, 2.75) is 0 Å². The summed E-state index contributed by atoms with van der Waals surface area (Å²) in [6, 6.07) is 0. The predicted molar refractivity (Wildman–Crippen MR) is 19.0 cm³/mol. The van der Waals surface area contributed by atoms with Crippen LogP contribution in [0, 0.1) is 0 Å². The molecule has 0 saturated carbocycles. The first-order valence-corrected chi connectivity index (χ1v) is 6.02. The van der Waals surface area contributed by atoms with Gasteiger partial charge in [0.15, 0.2) is 0 Å². The molecule has 0 rings (SSSR count). The first-order chi connectivity index (χ1) is 1.73. The van der Waals surface area contributed by atoms with E-state index in [0.29, 0.717) is 0 Å². The summed E-state index contributed by atoms with van der Waals surface area (Å²) < 4.78 is 0. The zero-order valence-electron chi connectivity index (χ0n) is 2.39. The molecule has 0 aliphatic rings. The summed E-state index contributed by atoms with van der Waals surface area (Å²) in [6.45, 7) is 5.18. The van der Waals surface area contributed by atoms with Crippen LogP contribution in [-0.2, 0) is 25.5 Å². The van der Waals surface area contributed by atoms with Crippen molar-refractivity contribution in [2.75, 3.05) is 6.26 Å². The third-order valence-electron chi connectivity index (χ3n) is 0. The van der Waals surface area contributed by atoms with Crippen LogP contribution in [0.4, 0.5) is 0 Å². The van der Waals surface area contributed by atoms with E-state index < -0.39 is 0 Å². The van der Waals surface area contributed by atoms with Gasteiger partial charge in [0.2, 0.25) is 0 Å². The van der Waals surface area contributed by atoms with Gasteiger partial charge in [-0.3, -0.25) is 0 Å². The predicted octanol–water partition coefficient (Wildman–Crippen LogP) is -0.220. The Balaban J connectivity index is 3.51. The van der Waals surface area contributed by atoms with Crippen molar-refractivity contribution in [2.24, 2.45) is 0 Å². The Morgan fingerprint density at radius 3 is 2.00 bits per heavy atom. The molecule has 0 aliphatic heterocycles. The van der Waals surface area contributed by atoms with Gasteiger partial charge in [-0.15, -0.1) is 0 Å². The molecule has 0 heterocycles. The van der Waals surface area contributed by atoms with Gasteiger partial charge in [-0.05, 0) is 0 Å². The molecule has 0 aliphatic carbocycles. The first kappa shape index (κ1) is 5.10.